The van der Waals surface area contributed by atoms with Crippen molar-refractivity contribution in [3.63, 3.8) is 0 Å². The largest absolute Gasteiger partial charge is 0.497 e. The number of amides is 2. The van der Waals surface area contributed by atoms with E-state index in [0.29, 0.717) is 23.4 Å². The number of nitrogens with zero attached hydrogens (tertiary/aromatic N) is 1. The highest BCUT2D eigenvalue weighted by Crippen LogP contribution is 2.43. The van der Waals surface area contributed by atoms with E-state index in [0.717, 1.165) is 11.0 Å². The number of carbonyl (C=O) groups is 1. The van der Waals surface area contributed by atoms with Gasteiger partial charge in [0.1, 0.15) is 5.75 Å². The second kappa shape index (κ2) is 6.92. The molecule has 1 aliphatic heterocycles. The number of urea groups is 1. The van der Waals surface area contributed by atoms with Crippen LogP contribution in [-0.4, -0.2) is 19.3 Å². The molecule has 1 atom stereocenters. The molecule has 0 aliphatic carbocycles. The number of benzene rings is 2. The Morgan fingerprint density at radius 2 is 1.68 bits per heavy atom. The second-order valence-electron chi connectivity index (χ2n) is 6.13. The van der Waals surface area contributed by atoms with Gasteiger partial charge in [0.05, 0.1) is 24.9 Å². The van der Waals surface area contributed by atoms with Gasteiger partial charge in [-0.15, -0.1) is 0 Å². The molecule has 1 heterocycles. The summed E-state index contributed by atoms with van der Waals surface area (Å²) in [4.78, 5) is 13.3. The van der Waals surface area contributed by atoms with Crippen LogP contribution < -0.4 is 15.0 Å². The number of fused-ring (bicyclic) bond motifs is 1. The number of carbonyl (C=O) groups excluding carboxylic acids is 1. The molecule has 0 bridgehead atoms. The summed E-state index contributed by atoms with van der Waals surface area (Å²) < 4.78 is 83.9. The molecule has 0 saturated heterocycles. The number of anilines is 1. The zero-order valence-electron chi connectivity index (χ0n) is 14.4. The summed E-state index contributed by atoms with van der Waals surface area (Å²) in [6.07, 6.45) is -9.76. The van der Waals surface area contributed by atoms with Crippen LogP contribution in [0.5, 0.6) is 5.75 Å². The summed E-state index contributed by atoms with van der Waals surface area (Å²) in [6, 6.07) is 4.80. The van der Waals surface area contributed by atoms with Gasteiger partial charge in [0, 0.05) is 5.56 Å². The molecule has 2 aromatic carbocycles. The van der Waals surface area contributed by atoms with Gasteiger partial charge < -0.3 is 10.1 Å². The van der Waals surface area contributed by atoms with E-state index in [4.69, 9.17) is 4.74 Å². The molecule has 2 aromatic rings. The van der Waals surface area contributed by atoms with Gasteiger partial charge in [-0.25, -0.2) is 4.79 Å². The first-order valence-electron chi connectivity index (χ1n) is 7.99. The zero-order valence-corrected chi connectivity index (χ0v) is 14.4. The Bertz CT molecular complexity index is 877. The normalized spacial score (nSPS) is 17.2. The molecule has 3 rings (SSSR count). The Morgan fingerprint density at radius 1 is 1.04 bits per heavy atom. The number of methoxy groups -OCH3 is 1. The van der Waals surface area contributed by atoms with Crippen molar-refractivity contribution in [1.29, 1.82) is 0 Å². The number of ether oxygens (including phenoxy) is 1. The van der Waals surface area contributed by atoms with Gasteiger partial charge in [-0.3, -0.25) is 4.90 Å². The van der Waals surface area contributed by atoms with Crippen molar-refractivity contribution in [2.75, 3.05) is 12.0 Å². The lowest BCUT2D eigenvalue weighted by Crippen LogP contribution is -2.50. The minimum atomic E-state index is -4.94. The number of halogens is 6. The zero-order chi connectivity index (χ0) is 20.7. The maximum atomic E-state index is 13.3. The first-order chi connectivity index (χ1) is 13.0. The summed E-state index contributed by atoms with van der Waals surface area (Å²) in [5, 5.41) is 1.75. The maximum Gasteiger partial charge on any atom is 0.416 e. The molecule has 0 radical (unpaired) electrons. The molecule has 1 aliphatic rings. The smallest absolute Gasteiger partial charge is 0.416 e. The molecule has 0 aromatic heterocycles. The fourth-order valence-electron chi connectivity index (χ4n) is 2.93. The minimum absolute atomic E-state index is 0.126. The topological polar surface area (TPSA) is 41.6 Å². The molecule has 150 valence electrons. The lowest BCUT2D eigenvalue weighted by atomic mass is 9.97. The quantitative estimate of drug-likeness (QED) is 0.728. The van der Waals surface area contributed by atoms with Crippen molar-refractivity contribution in [2.24, 2.45) is 0 Å². The van der Waals surface area contributed by atoms with Gasteiger partial charge in [-0.2, -0.15) is 26.3 Å². The van der Waals surface area contributed by atoms with Gasteiger partial charge in [0.15, 0.2) is 6.04 Å². The van der Waals surface area contributed by atoms with Crippen LogP contribution in [0.1, 0.15) is 22.7 Å². The Kier molecular flexibility index (Phi) is 4.90. The third-order valence-corrected chi connectivity index (χ3v) is 4.30. The fourth-order valence-corrected chi connectivity index (χ4v) is 2.93. The lowest BCUT2D eigenvalue weighted by molar-refractivity contribution is -0.156. The van der Waals surface area contributed by atoms with Crippen LogP contribution >= 0.6 is 0 Å². The van der Waals surface area contributed by atoms with Crippen LogP contribution in [0.15, 0.2) is 42.5 Å². The van der Waals surface area contributed by atoms with E-state index in [-0.39, 0.29) is 12.2 Å². The van der Waals surface area contributed by atoms with E-state index in [1.807, 2.05) is 0 Å². The molecular weight excluding hydrogens is 390 g/mol. The van der Waals surface area contributed by atoms with Crippen LogP contribution in [0.4, 0.5) is 36.8 Å². The highest BCUT2D eigenvalue weighted by Gasteiger charge is 2.48. The number of rotatable bonds is 3. The summed E-state index contributed by atoms with van der Waals surface area (Å²) in [5.41, 5.74) is -1.54. The van der Waals surface area contributed by atoms with E-state index >= 15 is 0 Å². The molecule has 0 unspecified atom stereocenters. The molecular formula is C18H14F6N2O2. The monoisotopic (exact) mass is 404 g/mol. The predicted octanol–water partition coefficient (Wildman–Crippen LogP) is 5.05. The molecule has 28 heavy (non-hydrogen) atoms. The van der Waals surface area contributed by atoms with Crippen molar-refractivity contribution in [3.05, 3.63) is 59.2 Å². The first-order valence-corrected chi connectivity index (χ1v) is 7.99. The molecule has 0 saturated carbocycles. The van der Waals surface area contributed by atoms with Gasteiger partial charge >= 0.3 is 18.4 Å². The van der Waals surface area contributed by atoms with Crippen molar-refractivity contribution in [1.82, 2.24) is 5.32 Å². The Labute approximate surface area is 155 Å². The average molecular weight is 404 g/mol. The van der Waals surface area contributed by atoms with Gasteiger partial charge in [-0.1, -0.05) is 12.1 Å². The van der Waals surface area contributed by atoms with Crippen molar-refractivity contribution < 1.29 is 35.9 Å². The number of hydrogen-bond donors (Lipinski definition) is 1. The second-order valence-corrected chi connectivity index (χ2v) is 6.13. The van der Waals surface area contributed by atoms with E-state index in [2.05, 4.69) is 0 Å². The predicted molar refractivity (Wildman–Crippen MR) is 87.9 cm³/mol. The summed E-state index contributed by atoms with van der Waals surface area (Å²) in [6.45, 7) is -0.126. The molecule has 10 heteroatoms. The van der Waals surface area contributed by atoms with Crippen LogP contribution in [0.2, 0.25) is 0 Å². The third kappa shape index (κ3) is 3.85. The van der Waals surface area contributed by atoms with Crippen molar-refractivity contribution in [3.8, 4) is 5.75 Å². The van der Waals surface area contributed by atoms with Gasteiger partial charge in [-0.05, 0) is 35.9 Å². The minimum Gasteiger partial charge on any atom is -0.497 e. The third-order valence-electron chi connectivity index (χ3n) is 4.30. The van der Waals surface area contributed by atoms with E-state index in [9.17, 15) is 31.1 Å². The van der Waals surface area contributed by atoms with Gasteiger partial charge in [0.25, 0.3) is 0 Å². The van der Waals surface area contributed by atoms with E-state index in [1.165, 1.54) is 7.11 Å². The van der Waals surface area contributed by atoms with E-state index in [1.54, 1.807) is 29.6 Å². The Hall–Kier alpha value is -2.91. The summed E-state index contributed by atoms with van der Waals surface area (Å²) in [5.74, 6) is 0.541. The molecule has 1 N–H and O–H groups in total. The Morgan fingerprint density at radius 3 is 2.21 bits per heavy atom. The van der Waals surface area contributed by atoms with Crippen molar-refractivity contribution in [2.45, 2.75) is 24.9 Å². The van der Waals surface area contributed by atoms with Gasteiger partial charge in [0.2, 0.25) is 0 Å². The number of hydrogen-bond acceptors (Lipinski definition) is 2. The summed E-state index contributed by atoms with van der Waals surface area (Å²) >= 11 is 0. The fraction of sp³-hybridized carbons (Fsp3) is 0.278. The van der Waals surface area contributed by atoms with Crippen LogP contribution in [0.3, 0.4) is 0 Å². The van der Waals surface area contributed by atoms with Crippen LogP contribution in [0, 0.1) is 0 Å². The van der Waals surface area contributed by atoms with Crippen LogP contribution in [-0.2, 0) is 12.7 Å². The first kappa shape index (κ1) is 19.8. The lowest BCUT2D eigenvalue weighted by Gasteiger charge is -2.36. The SMILES string of the molecule is COc1ccc(CN2C(=O)N[C@@H](C(F)(F)F)c3cc(C(F)(F)F)ccc32)cc1. The molecule has 2 amide bonds. The number of nitrogens with one attached hydrogen (secondary N) is 1. The van der Waals surface area contributed by atoms with Crippen LogP contribution in [0.25, 0.3) is 0 Å². The summed E-state index contributed by atoms with van der Waals surface area (Å²) in [7, 11) is 1.46. The molecule has 0 spiro atoms. The Balaban J connectivity index is 2.04. The highest BCUT2D eigenvalue weighted by atomic mass is 19.4. The van der Waals surface area contributed by atoms with Crippen molar-refractivity contribution >= 4 is 11.7 Å². The number of alkyl halides is 6. The average Bonchev–Trinajstić information content (AvgIpc) is 2.62. The van der Waals surface area contributed by atoms with E-state index < -0.39 is 35.6 Å². The standard InChI is InChI=1S/C18H14F6N2O2/c1-28-12-5-2-10(3-6-12)9-26-14-7-4-11(17(19,20)21)8-13(14)15(18(22,23)24)25-16(26)27/h2-8,15H,9H2,1H3,(H,25,27)/t15-/m1/s1. The molecule has 4 nitrogen and oxygen atoms in total. The molecule has 0 fully saturated rings. The maximum absolute atomic E-state index is 13.3. The highest BCUT2D eigenvalue weighted by molar-refractivity contribution is 5.95.